The summed E-state index contributed by atoms with van der Waals surface area (Å²) in [7, 11) is 0. The first-order valence-corrected chi connectivity index (χ1v) is 5.94. The first-order valence-electron chi connectivity index (χ1n) is 5.94. The van der Waals surface area contributed by atoms with Gasteiger partial charge in [-0.3, -0.25) is 4.79 Å². The molecule has 1 saturated heterocycles. The number of esters is 1. The van der Waals surface area contributed by atoms with Gasteiger partial charge in [0.2, 0.25) is 0 Å². The van der Waals surface area contributed by atoms with E-state index in [1.165, 1.54) is 0 Å². The van der Waals surface area contributed by atoms with E-state index in [9.17, 15) is 4.79 Å². The van der Waals surface area contributed by atoms with Gasteiger partial charge in [0.05, 0.1) is 0 Å². The minimum Gasteiger partial charge on any atom is -0.459 e. The Bertz CT molecular complexity index is 229. The lowest BCUT2D eigenvalue weighted by molar-refractivity contribution is -0.157. The average Bonchev–Trinajstić information content (AvgIpc) is 2.16. The highest BCUT2D eigenvalue weighted by atomic mass is 16.6. The van der Waals surface area contributed by atoms with Gasteiger partial charge in [0.25, 0.3) is 0 Å². The molecule has 4 nitrogen and oxygen atoms in total. The summed E-state index contributed by atoms with van der Waals surface area (Å²) >= 11 is 0. The molecule has 0 aromatic carbocycles. The van der Waals surface area contributed by atoms with Crippen LogP contribution in [-0.2, 0) is 14.3 Å². The van der Waals surface area contributed by atoms with Gasteiger partial charge < -0.3 is 15.2 Å². The van der Waals surface area contributed by atoms with Crippen molar-refractivity contribution < 1.29 is 14.3 Å². The van der Waals surface area contributed by atoms with Crippen LogP contribution in [0.4, 0.5) is 0 Å². The Hall–Kier alpha value is -0.610. The van der Waals surface area contributed by atoms with Crippen LogP contribution in [0.3, 0.4) is 0 Å². The fourth-order valence-electron chi connectivity index (χ4n) is 1.81. The highest BCUT2D eigenvalue weighted by molar-refractivity contribution is 5.75. The van der Waals surface area contributed by atoms with E-state index in [1.54, 1.807) is 0 Å². The summed E-state index contributed by atoms with van der Waals surface area (Å²) in [6, 6.07) is -0.498. The lowest BCUT2D eigenvalue weighted by atomic mass is 9.93. The molecule has 1 fully saturated rings. The fourth-order valence-corrected chi connectivity index (χ4v) is 1.81. The van der Waals surface area contributed by atoms with Gasteiger partial charge in [-0.25, -0.2) is 0 Å². The van der Waals surface area contributed by atoms with E-state index in [1.807, 2.05) is 20.8 Å². The van der Waals surface area contributed by atoms with Gasteiger partial charge in [-0.05, 0) is 46.0 Å². The molecule has 4 heteroatoms. The van der Waals surface area contributed by atoms with Gasteiger partial charge in [0.1, 0.15) is 11.6 Å². The zero-order valence-electron chi connectivity index (χ0n) is 10.5. The minimum atomic E-state index is -0.498. The van der Waals surface area contributed by atoms with Crippen LogP contribution in [0.1, 0.15) is 40.0 Å². The van der Waals surface area contributed by atoms with E-state index in [4.69, 9.17) is 15.2 Å². The van der Waals surface area contributed by atoms with Crippen molar-refractivity contribution in [3.8, 4) is 0 Å². The molecule has 1 atom stereocenters. The summed E-state index contributed by atoms with van der Waals surface area (Å²) in [6.45, 7) is 7.13. The second-order valence-electron chi connectivity index (χ2n) is 5.43. The van der Waals surface area contributed by atoms with Gasteiger partial charge in [0.15, 0.2) is 0 Å². The summed E-state index contributed by atoms with van der Waals surface area (Å²) in [5.41, 5.74) is 5.39. The standard InChI is InChI=1S/C12H23NO3/c1-12(2,3)16-11(14)10(13)8-9-4-6-15-7-5-9/h9-10H,4-8,13H2,1-3H3. The molecule has 1 aliphatic rings. The molecule has 1 aliphatic heterocycles. The van der Waals surface area contributed by atoms with Crippen LogP contribution in [0.15, 0.2) is 0 Å². The van der Waals surface area contributed by atoms with Gasteiger partial charge in [-0.15, -0.1) is 0 Å². The Morgan fingerprint density at radius 3 is 2.50 bits per heavy atom. The predicted octanol–water partition coefficient (Wildman–Crippen LogP) is 1.47. The molecule has 0 aliphatic carbocycles. The number of hydrogen-bond donors (Lipinski definition) is 1. The molecule has 0 bridgehead atoms. The van der Waals surface area contributed by atoms with E-state index in [0.29, 0.717) is 12.3 Å². The highest BCUT2D eigenvalue weighted by Crippen LogP contribution is 2.20. The second kappa shape index (κ2) is 5.64. The summed E-state index contributed by atoms with van der Waals surface area (Å²) in [6.07, 6.45) is 2.70. The largest absolute Gasteiger partial charge is 0.459 e. The predicted molar refractivity (Wildman–Crippen MR) is 62.0 cm³/mol. The molecule has 1 rings (SSSR count). The van der Waals surface area contributed by atoms with Crippen LogP contribution < -0.4 is 5.73 Å². The second-order valence-corrected chi connectivity index (χ2v) is 5.43. The highest BCUT2D eigenvalue weighted by Gasteiger charge is 2.25. The van der Waals surface area contributed by atoms with Crippen LogP contribution in [0.2, 0.25) is 0 Å². The van der Waals surface area contributed by atoms with Gasteiger partial charge >= 0.3 is 5.97 Å². The Morgan fingerprint density at radius 1 is 1.44 bits per heavy atom. The third-order valence-electron chi connectivity index (χ3n) is 2.64. The Labute approximate surface area is 97.5 Å². The van der Waals surface area contributed by atoms with Crippen molar-refractivity contribution in [1.29, 1.82) is 0 Å². The topological polar surface area (TPSA) is 61.5 Å². The lowest BCUT2D eigenvalue weighted by Gasteiger charge is -2.26. The van der Waals surface area contributed by atoms with Crippen molar-refractivity contribution in [3.63, 3.8) is 0 Å². The molecule has 0 aromatic heterocycles. The average molecular weight is 229 g/mol. The van der Waals surface area contributed by atoms with Crippen LogP contribution >= 0.6 is 0 Å². The van der Waals surface area contributed by atoms with E-state index in [2.05, 4.69) is 0 Å². The summed E-state index contributed by atoms with van der Waals surface area (Å²) in [4.78, 5) is 11.7. The molecule has 2 N–H and O–H groups in total. The first-order chi connectivity index (χ1) is 7.38. The molecule has 16 heavy (non-hydrogen) atoms. The van der Waals surface area contributed by atoms with Crippen molar-refractivity contribution in [2.45, 2.75) is 51.7 Å². The number of nitrogens with two attached hydrogens (primary N) is 1. The number of carbonyl (C=O) groups is 1. The first kappa shape index (κ1) is 13.5. The Morgan fingerprint density at radius 2 is 2.00 bits per heavy atom. The van der Waals surface area contributed by atoms with E-state index in [0.717, 1.165) is 26.1 Å². The maximum atomic E-state index is 11.7. The number of ether oxygens (including phenoxy) is 2. The lowest BCUT2D eigenvalue weighted by Crippen LogP contribution is -2.39. The molecule has 1 heterocycles. The van der Waals surface area contributed by atoms with Crippen LogP contribution in [0, 0.1) is 5.92 Å². The van der Waals surface area contributed by atoms with E-state index >= 15 is 0 Å². The number of carbonyl (C=O) groups excluding carboxylic acids is 1. The maximum absolute atomic E-state index is 11.7. The normalized spacial score (nSPS) is 20.5. The molecule has 94 valence electrons. The molecule has 0 aromatic rings. The third kappa shape index (κ3) is 4.94. The zero-order chi connectivity index (χ0) is 12.2. The van der Waals surface area contributed by atoms with Crippen LogP contribution in [0.5, 0.6) is 0 Å². The minimum absolute atomic E-state index is 0.293. The Balaban J connectivity index is 2.33. The van der Waals surface area contributed by atoms with Gasteiger partial charge in [-0.1, -0.05) is 0 Å². The smallest absolute Gasteiger partial charge is 0.323 e. The SMILES string of the molecule is CC(C)(C)OC(=O)C(N)CC1CCOCC1. The summed E-state index contributed by atoms with van der Waals surface area (Å²) in [5.74, 6) is 0.204. The molecule has 0 radical (unpaired) electrons. The van der Waals surface area contributed by atoms with E-state index in [-0.39, 0.29) is 5.97 Å². The molecular formula is C12H23NO3. The summed E-state index contributed by atoms with van der Waals surface area (Å²) < 4.78 is 10.5. The van der Waals surface area contributed by atoms with E-state index < -0.39 is 11.6 Å². The molecule has 0 saturated carbocycles. The quantitative estimate of drug-likeness (QED) is 0.744. The number of rotatable bonds is 3. The van der Waals surface area contributed by atoms with Gasteiger partial charge in [0, 0.05) is 13.2 Å². The van der Waals surface area contributed by atoms with Crippen molar-refractivity contribution in [1.82, 2.24) is 0 Å². The molecule has 0 amide bonds. The Kier molecular flexibility index (Phi) is 4.74. The monoisotopic (exact) mass is 229 g/mol. The molecule has 1 unspecified atom stereocenters. The fraction of sp³-hybridized carbons (Fsp3) is 0.917. The maximum Gasteiger partial charge on any atom is 0.323 e. The molecular weight excluding hydrogens is 206 g/mol. The van der Waals surface area contributed by atoms with Crippen LogP contribution in [0.25, 0.3) is 0 Å². The third-order valence-corrected chi connectivity index (χ3v) is 2.64. The number of hydrogen-bond acceptors (Lipinski definition) is 4. The van der Waals surface area contributed by atoms with Crippen molar-refractivity contribution in [2.24, 2.45) is 11.7 Å². The van der Waals surface area contributed by atoms with Crippen LogP contribution in [-0.4, -0.2) is 30.8 Å². The van der Waals surface area contributed by atoms with Crippen molar-refractivity contribution in [3.05, 3.63) is 0 Å². The van der Waals surface area contributed by atoms with Crippen molar-refractivity contribution in [2.75, 3.05) is 13.2 Å². The van der Waals surface area contributed by atoms with Gasteiger partial charge in [-0.2, -0.15) is 0 Å². The zero-order valence-corrected chi connectivity index (χ0v) is 10.5. The van der Waals surface area contributed by atoms with Crippen molar-refractivity contribution >= 4 is 5.97 Å². The molecule has 0 spiro atoms. The summed E-state index contributed by atoms with van der Waals surface area (Å²) in [5, 5.41) is 0.